The van der Waals surface area contributed by atoms with Crippen LogP contribution >= 0.6 is 0 Å². The number of aromatic nitrogens is 1. The number of carboxylic acids is 1. The Morgan fingerprint density at radius 3 is 2.22 bits per heavy atom. The van der Waals surface area contributed by atoms with Crippen molar-refractivity contribution in [2.45, 2.75) is 70.1 Å². The molecule has 1 saturated carbocycles. The molecule has 3 atom stereocenters. The highest BCUT2D eigenvalue weighted by atomic mass is 16.5. The van der Waals surface area contributed by atoms with Crippen LogP contribution in [0.15, 0.2) is 109 Å². The molecular formula is C42H45N5O7. The van der Waals surface area contributed by atoms with Crippen LogP contribution in [0.5, 0.6) is 5.75 Å². The largest absolute Gasteiger partial charge is 0.484 e. The van der Waals surface area contributed by atoms with Crippen LogP contribution < -0.4 is 20.3 Å². The number of carbonyl (C=O) groups is 5. The first-order valence-electron chi connectivity index (χ1n) is 18.3. The van der Waals surface area contributed by atoms with Crippen molar-refractivity contribution in [2.75, 3.05) is 18.1 Å². The smallest absolute Gasteiger partial charge is 0.326 e. The van der Waals surface area contributed by atoms with Gasteiger partial charge in [-0.15, -0.1) is 0 Å². The maximum absolute atomic E-state index is 14.5. The Labute approximate surface area is 314 Å². The molecule has 3 unspecified atom stereocenters. The van der Waals surface area contributed by atoms with Crippen LogP contribution in [0, 0.1) is 5.41 Å². The summed E-state index contributed by atoms with van der Waals surface area (Å²) in [6.45, 7) is 1.48. The van der Waals surface area contributed by atoms with Crippen molar-refractivity contribution in [3.63, 3.8) is 0 Å². The topological polar surface area (TPSA) is 158 Å². The minimum atomic E-state index is -1.19. The maximum atomic E-state index is 14.5. The molecule has 6 rings (SSSR count). The number of nitrogens with zero attached hydrogens (tertiary/aromatic N) is 3. The molecule has 12 nitrogen and oxygen atoms in total. The zero-order chi connectivity index (χ0) is 38.1. The van der Waals surface area contributed by atoms with Crippen molar-refractivity contribution in [3.05, 3.63) is 126 Å². The monoisotopic (exact) mass is 731 g/mol. The van der Waals surface area contributed by atoms with Gasteiger partial charge in [0.1, 0.15) is 24.0 Å². The van der Waals surface area contributed by atoms with Gasteiger partial charge in [0, 0.05) is 44.4 Å². The fourth-order valence-electron chi connectivity index (χ4n) is 7.53. The molecule has 12 heteroatoms. The summed E-state index contributed by atoms with van der Waals surface area (Å²) in [7, 11) is 0. The highest BCUT2D eigenvalue weighted by Crippen LogP contribution is 2.42. The Balaban J connectivity index is 1.26. The van der Waals surface area contributed by atoms with Gasteiger partial charge in [0.25, 0.3) is 11.8 Å². The van der Waals surface area contributed by atoms with E-state index in [-0.39, 0.29) is 43.1 Å². The van der Waals surface area contributed by atoms with Crippen molar-refractivity contribution in [1.29, 1.82) is 0 Å². The van der Waals surface area contributed by atoms with Crippen LogP contribution in [-0.4, -0.2) is 69.8 Å². The summed E-state index contributed by atoms with van der Waals surface area (Å²) >= 11 is 0. The number of rotatable bonds is 15. The molecule has 1 saturated heterocycles. The van der Waals surface area contributed by atoms with Gasteiger partial charge < -0.3 is 25.4 Å². The lowest BCUT2D eigenvalue weighted by Gasteiger charge is -2.32. The molecular weight excluding hydrogens is 686 g/mol. The Morgan fingerprint density at radius 1 is 0.907 bits per heavy atom. The van der Waals surface area contributed by atoms with Crippen molar-refractivity contribution < 1.29 is 33.8 Å². The minimum absolute atomic E-state index is 0.0181. The van der Waals surface area contributed by atoms with Crippen LogP contribution in [-0.2, 0) is 36.8 Å². The maximum Gasteiger partial charge on any atom is 0.326 e. The molecule has 1 aliphatic carbocycles. The number of anilines is 1. The second-order valence-corrected chi connectivity index (χ2v) is 13.9. The average Bonchev–Trinajstić information content (AvgIpc) is 3.78. The van der Waals surface area contributed by atoms with Crippen molar-refractivity contribution >= 4 is 35.3 Å². The molecule has 4 amide bonds. The summed E-state index contributed by atoms with van der Waals surface area (Å²) in [4.78, 5) is 73.6. The quantitative estimate of drug-likeness (QED) is 0.157. The number of hydrogen-bond donors (Lipinski definition) is 3. The molecule has 4 aromatic rings. The molecule has 1 aliphatic heterocycles. The van der Waals surface area contributed by atoms with Crippen LogP contribution in [0.3, 0.4) is 0 Å². The second kappa shape index (κ2) is 17.2. The molecule has 2 heterocycles. The van der Waals surface area contributed by atoms with Gasteiger partial charge in [0.2, 0.25) is 11.8 Å². The van der Waals surface area contributed by atoms with Gasteiger partial charge in [-0.2, -0.15) is 0 Å². The number of nitrogens with one attached hydrogen (secondary N) is 2. The van der Waals surface area contributed by atoms with E-state index in [2.05, 4.69) is 15.6 Å². The van der Waals surface area contributed by atoms with E-state index in [1.165, 1.54) is 6.92 Å². The number of pyridine rings is 1. The number of carboxylic acid groups (broad SMARTS) is 1. The van der Waals surface area contributed by atoms with Crippen LogP contribution in [0.25, 0.3) is 0 Å². The summed E-state index contributed by atoms with van der Waals surface area (Å²) in [5, 5.41) is 15.7. The molecule has 0 bridgehead atoms. The van der Waals surface area contributed by atoms with Crippen LogP contribution in [0.4, 0.5) is 5.69 Å². The Bertz CT molecular complexity index is 1920. The molecule has 280 valence electrons. The summed E-state index contributed by atoms with van der Waals surface area (Å²) in [5.74, 6) is -1.78. The fourth-order valence-corrected chi connectivity index (χ4v) is 7.53. The molecule has 2 fully saturated rings. The zero-order valence-electron chi connectivity index (χ0n) is 30.2. The number of carbonyl (C=O) groups excluding carboxylic acids is 4. The number of amides is 4. The Hall–Kier alpha value is -6.04. The van der Waals surface area contributed by atoms with Gasteiger partial charge in [0.05, 0.1) is 5.41 Å². The molecule has 1 aromatic heterocycles. The van der Waals surface area contributed by atoms with Crippen LogP contribution in [0.2, 0.25) is 0 Å². The number of hydrogen-bond acceptors (Lipinski definition) is 7. The van der Waals surface area contributed by atoms with Gasteiger partial charge in [-0.25, -0.2) is 4.79 Å². The summed E-state index contributed by atoms with van der Waals surface area (Å²) in [6, 6.07) is 26.9. The lowest BCUT2D eigenvalue weighted by atomic mass is 9.81. The van der Waals surface area contributed by atoms with Crippen molar-refractivity contribution in [3.8, 4) is 5.75 Å². The molecule has 0 spiro atoms. The number of ether oxygens (including phenoxy) is 1. The van der Waals surface area contributed by atoms with E-state index in [0.29, 0.717) is 42.8 Å². The van der Waals surface area contributed by atoms with Crippen molar-refractivity contribution in [2.24, 2.45) is 5.41 Å². The van der Waals surface area contributed by atoms with E-state index >= 15 is 0 Å². The SMILES string of the molecule is CC(=O)NCCC1(C(=O)NC(Cc2ccc(N3C(=O)C(Cc4cccnc4)N(C(=O)COc4ccccc4)C3c3ccccc3)cc2)C(=O)O)CCCC1. The summed E-state index contributed by atoms with van der Waals surface area (Å²) < 4.78 is 5.88. The van der Waals surface area contributed by atoms with Crippen LogP contribution in [0.1, 0.15) is 61.9 Å². The normalized spacial score (nSPS) is 18.2. The van der Waals surface area contributed by atoms with Gasteiger partial charge in [-0.1, -0.05) is 79.6 Å². The lowest BCUT2D eigenvalue weighted by molar-refractivity contribution is -0.144. The fraction of sp³-hybridized carbons (Fsp3) is 0.333. The van der Waals surface area contributed by atoms with Crippen molar-refractivity contribution in [1.82, 2.24) is 20.5 Å². The number of aliphatic carboxylic acids is 1. The highest BCUT2D eigenvalue weighted by molar-refractivity contribution is 6.04. The standard InChI is InChI=1S/C42H45N5O7/c1-29(48)44-24-22-42(20-8-9-21-42)41(53)45-35(40(51)52)25-30-16-18-33(19-17-30)46-38(32-12-4-2-5-13-32)47(37(49)28-54-34-14-6-3-7-15-34)36(39(46)50)26-31-11-10-23-43-27-31/h2-7,10-19,23,27,35-36,38H,8-9,20-22,24-26,28H2,1H3,(H,44,48)(H,45,53)(H,51,52). The predicted octanol–water partition coefficient (Wildman–Crippen LogP) is 4.84. The third-order valence-electron chi connectivity index (χ3n) is 10.3. The van der Waals surface area contributed by atoms with E-state index in [0.717, 1.165) is 24.0 Å². The first-order chi connectivity index (χ1) is 26.1. The lowest BCUT2D eigenvalue weighted by Crippen LogP contribution is -2.49. The van der Waals surface area contributed by atoms with E-state index in [1.54, 1.807) is 64.7 Å². The van der Waals surface area contributed by atoms with Gasteiger partial charge >= 0.3 is 5.97 Å². The predicted molar refractivity (Wildman–Crippen MR) is 201 cm³/mol. The van der Waals surface area contributed by atoms with E-state index in [1.807, 2.05) is 54.6 Å². The zero-order valence-corrected chi connectivity index (χ0v) is 30.2. The summed E-state index contributed by atoms with van der Waals surface area (Å²) in [5.41, 5.74) is 1.95. The second-order valence-electron chi connectivity index (χ2n) is 13.9. The van der Waals surface area contributed by atoms with Gasteiger partial charge in [-0.3, -0.25) is 29.1 Å². The molecule has 3 N–H and O–H groups in total. The van der Waals surface area contributed by atoms with Gasteiger partial charge in [-0.05, 0) is 66.3 Å². The molecule has 54 heavy (non-hydrogen) atoms. The average molecular weight is 732 g/mol. The van der Waals surface area contributed by atoms with E-state index in [9.17, 15) is 29.1 Å². The molecule has 3 aromatic carbocycles. The summed E-state index contributed by atoms with van der Waals surface area (Å²) in [6.07, 6.45) is 6.19. The molecule has 0 radical (unpaired) electrons. The minimum Gasteiger partial charge on any atom is -0.484 e. The highest BCUT2D eigenvalue weighted by Gasteiger charge is 2.50. The first-order valence-corrected chi connectivity index (χ1v) is 18.3. The Kier molecular flexibility index (Phi) is 12.0. The third kappa shape index (κ3) is 8.76. The van der Waals surface area contributed by atoms with E-state index < -0.39 is 29.6 Å². The number of benzene rings is 3. The third-order valence-corrected chi connectivity index (χ3v) is 10.3. The Morgan fingerprint density at radius 2 is 1.59 bits per heavy atom. The molecule has 2 aliphatic rings. The van der Waals surface area contributed by atoms with Gasteiger partial charge in [0.15, 0.2) is 6.61 Å². The number of para-hydroxylation sites is 1. The van der Waals surface area contributed by atoms with E-state index in [4.69, 9.17) is 4.74 Å². The first kappa shape index (κ1) is 37.7.